The maximum atomic E-state index is 5.81. The summed E-state index contributed by atoms with van der Waals surface area (Å²) in [5.41, 5.74) is 1.77. The number of hydrogen-bond donors (Lipinski definition) is 1. The molecule has 0 atom stereocenters. The zero-order valence-corrected chi connectivity index (χ0v) is 10.8. The molecule has 0 saturated heterocycles. The van der Waals surface area contributed by atoms with Crippen molar-refractivity contribution in [1.82, 2.24) is 0 Å². The van der Waals surface area contributed by atoms with E-state index < -0.39 is 0 Å². The zero-order chi connectivity index (χ0) is 11.4. The van der Waals surface area contributed by atoms with Crippen molar-refractivity contribution in [2.45, 2.75) is 32.6 Å². The number of hydrogen-bond acceptors (Lipinski definition) is 2. The molecule has 0 unspecified atom stereocenters. The van der Waals surface area contributed by atoms with Crippen LogP contribution in [0.5, 0.6) is 5.75 Å². The van der Waals surface area contributed by atoms with Crippen LogP contribution in [0.1, 0.15) is 31.7 Å². The number of benzene rings is 1. The Morgan fingerprint density at radius 1 is 1.25 bits per heavy atom. The third kappa shape index (κ3) is 2.94. The van der Waals surface area contributed by atoms with Crippen LogP contribution in [0.25, 0.3) is 0 Å². The van der Waals surface area contributed by atoms with Gasteiger partial charge in [0.1, 0.15) is 5.75 Å². The summed E-state index contributed by atoms with van der Waals surface area (Å²) in [6.45, 7) is 3.03. The van der Waals surface area contributed by atoms with E-state index in [-0.39, 0.29) is 0 Å². The maximum absolute atomic E-state index is 5.81. The van der Waals surface area contributed by atoms with Crippen LogP contribution in [-0.4, -0.2) is 12.4 Å². The van der Waals surface area contributed by atoms with Crippen molar-refractivity contribution >= 4 is 12.6 Å². The molecule has 2 heteroatoms. The van der Waals surface area contributed by atoms with E-state index in [1.54, 1.807) is 0 Å². The van der Waals surface area contributed by atoms with Gasteiger partial charge in [0.25, 0.3) is 0 Å². The zero-order valence-electron chi connectivity index (χ0n) is 9.91. The highest BCUT2D eigenvalue weighted by Gasteiger charge is 2.42. The number of ether oxygens (including phenoxy) is 1. The summed E-state index contributed by atoms with van der Waals surface area (Å²) < 4.78 is 5.81. The fraction of sp³-hybridized carbons (Fsp3) is 0.571. The highest BCUT2D eigenvalue weighted by molar-refractivity contribution is 7.80. The van der Waals surface area contributed by atoms with Crippen LogP contribution in [0, 0.1) is 5.41 Å². The standard InChI is InChI=1S/C14H20OS/c1-2-3-12-4-6-13(7-5-12)15-10-14(11-16)8-9-14/h4-7,16H,2-3,8-11H2,1H3. The van der Waals surface area contributed by atoms with Gasteiger partial charge in [-0.25, -0.2) is 0 Å². The first-order chi connectivity index (χ1) is 7.78. The number of aryl methyl sites for hydroxylation is 1. The van der Waals surface area contributed by atoms with Gasteiger partial charge in [-0.2, -0.15) is 12.6 Å². The molecule has 1 aromatic rings. The van der Waals surface area contributed by atoms with Crippen LogP contribution in [0.3, 0.4) is 0 Å². The molecule has 0 aromatic heterocycles. The molecular formula is C14H20OS. The number of thiol groups is 1. The van der Waals surface area contributed by atoms with Gasteiger partial charge >= 0.3 is 0 Å². The van der Waals surface area contributed by atoms with Gasteiger partial charge < -0.3 is 4.74 Å². The molecule has 1 fully saturated rings. The predicted molar refractivity (Wildman–Crippen MR) is 71.5 cm³/mol. The van der Waals surface area contributed by atoms with Crippen LogP contribution >= 0.6 is 12.6 Å². The Morgan fingerprint density at radius 3 is 2.44 bits per heavy atom. The Balaban J connectivity index is 1.85. The average Bonchev–Trinajstić information content (AvgIpc) is 3.09. The largest absolute Gasteiger partial charge is 0.493 e. The van der Waals surface area contributed by atoms with Crippen molar-refractivity contribution in [3.8, 4) is 5.75 Å². The molecule has 16 heavy (non-hydrogen) atoms. The van der Waals surface area contributed by atoms with Crippen LogP contribution in [-0.2, 0) is 6.42 Å². The van der Waals surface area contributed by atoms with Crippen LogP contribution < -0.4 is 4.74 Å². The summed E-state index contributed by atoms with van der Waals surface area (Å²) in [7, 11) is 0. The lowest BCUT2D eigenvalue weighted by atomic mass is 10.1. The minimum Gasteiger partial charge on any atom is -0.493 e. The summed E-state index contributed by atoms with van der Waals surface area (Å²) >= 11 is 4.37. The lowest BCUT2D eigenvalue weighted by Crippen LogP contribution is -2.14. The second-order valence-electron chi connectivity index (χ2n) is 4.84. The van der Waals surface area contributed by atoms with E-state index in [4.69, 9.17) is 4.74 Å². The first kappa shape index (κ1) is 11.8. The molecule has 2 rings (SSSR count). The Hall–Kier alpha value is -0.630. The van der Waals surface area contributed by atoms with Gasteiger partial charge in [0.05, 0.1) is 6.61 Å². The first-order valence-corrected chi connectivity index (χ1v) is 6.74. The molecule has 0 aliphatic heterocycles. The third-order valence-electron chi connectivity index (χ3n) is 3.30. The molecule has 0 spiro atoms. The molecule has 0 heterocycles. The fourth-order valence-corrected chi connectivity index (χ4v) is 2.21. The smallest absolute Gasteiger partial charge is 0.119 e. The topological polar surface area (TPSA) is 9.23 Å². The van der Waals surface area contributed by atoms with Gasteiger partial charge in [-0.15, -0.1) is 0 Å². The predicted octanol–water partition coefficient (Wildman–Crippen LogP) is 3.73. The first-order valence-electron chi connectivity index (χ1n) is 6.11. The molecule has 0 amide bonds. The minimum atomic E-state index is 0.380. The summed E-state index contributed by atoms with van der Waals surface area (Å²) in [5.74, 6) is 1.94. The molecule has 0 bridgehead atoms. The Kier molecular flexibility index (Phi) is 3.80. The van der Waals surface area contributed by atoms with Gasteiger partial charge in [0.2, 0.25) is 0 Å². The lowest BCUT2D eigenvalue weighted by molar-refractivity contribution is 0.250. The summed E-state index contributed by atoms with van der Waals surface area (Å²) in [4.78, 5) is 0. The Labute approximate surface area is 104 Å². The van der Waals surface area contributed by atoms with Crippen LogP contribution in [0.4, 0.5) is 0 Å². The fourth-order valence-electron chi connectivity index (χ4n) is 1.80. The van der Waals surface area contributed by atoms with E-state index in [0.29, 0.717) is 5.41 Å². The molecule has 1 saturated carbocycles. The summed E-state index contributed by atoms with van der Waals surface area (Å²) in [5, 5.41) is 0. The molecule has 1 aliphatic carbocycles. The molecule has 88 valence electrons. The quantitative estimate of drug-likeness (QED) is 0.740. The van der Waals surface area contributed by atoms with Gasteiger partial charge in [0, 0.05) is 5.41 Å². The number of rotatable bonds is 6. The van der Waals surface area contributed by atoms with Crippen LogP contribution in [0.2, 0.25) is 0 Å². The third-order valence-corrected chi connectivity index (χ3v) is 3.97. The maximum Gasteiger partial charge on any atom is 0.119 e. The SMILES string of the molecule is CCCc1ccc(OCC2(CS)CC2)cc1. The van der Waals surface area contributed by atoms with Crippen LogP contribution in [0.15, 0.2) is 24.3 Å². The average molecular weight is 236 g/mol. The summed E-state index contributed by atoms with van der Waals surface area (Å²) in [6.07, 6.45) is 4.89. The van der Waals surface area contributed by atoms with E-state index in [2.05, 4.69) is 43.8 Å². The monoisotopic (exact) mass is 236 g/mol. The van der Waals surface area contributed by atoms with Crippen molar-refractivity contribution in [2.24, 2.45) is 5.41 Å². The van der Waals surface area contributed by atoms with E-state index in [0.717, 1.165) is 24.5 Å². The Bertz CT molecular complexity index is 327. The van der Waals surface area contributed by atoms with Gasteiger partial charge in [-0.1, -0.05) is 25.5 Å². The molecular weight excluding hydrogens is 216 g/mol. The van der Waals surface area contributed by atoms with Crippen molar-refractivity contribution in [2.75, 3.05) is 12.4 Å². The normalized spacial score (nSPS) is 17.1. The highest BCUT2D eigenvalue weighted by Crippen LogP contribution is 2.46. The lowest BCUT2D eigenvalue weighted by Gasteiger charge is -2.13. The highest BCUT2D eigenvalue weighted by atomic mass is 32.1. The van der Waals surface area contributed by atoms with Crippen molar-refractivity contribution in [3.63, 3.8) is 0 Å². The molecule has 1 aromatic carbocycles. The molecule has 0 radical (unpaired) electrons. The second kappa shape index (κ2) is 5.13. The van der Waals surface area contributed by atoms with Crippen molar-refractivity contribution < 1.29 is 4.74 Å². The minimum absolute atomic E-state index is 0.380. The second-order valence-corrected chi connectivity index (χ2v) is 5.16. The van der Waals surface area contributed by atoms with E-state index in [9.17, 15) is 0 Å². The van der Waals surface area contributed by atoms with Gasteiger partial charge in [-0.05, 0) is 42.7 Å². The van der Waals surface area contributed by atoms with E-state index in [1.165, 1.54) is 24.8 Å². The van der Waals surface area contributed by atoms with Gasteiger partial charge in [0.15, 0.2) is 0 Å². The molecule has 0 N–H and O–H groups in total. The van der Waals surface area contributed by atoms with E-state index >= 15 is 0 Å². The van der Waals surface area contributed by atoms with Crippen molar-refractivity contribution in [1.29, 1.82) is 0 Å². The summed E-state index contributed by atoms with van der Waals surface area (Å²) in [6, 6.07) is 8.50. The molecule has 1 nitrogen and oxygen atoms in total. The van der Waals surface area contributed by atoms with Crippen molar-refractivity contribution in [3.05, 3.63) is 29.8 Å². The Morgan fingerprint density at radius 2 is 1.94 bits per heavy atom. The van der Waals surface area contributed by atoms with E-state index in [1.807, 2.05) is 0 Å². The van der Waals surface area contributed by atoms with Gasteiger partial charge in [-0.3, -0.25) is 0 Å². The molecule has 1 aliphatic rings.